The molecule has 0 aromatic heterocycles. The minimum atomic E-state index is -0.544. The molecule has 0 heterocycles. The maximum Gasteiger partial charge on any atom is 0.285 e. The smallest absolute Gasteiger partial charge is 0.285 e. The minimum Gasteiger partial charge on any atom is -0.507 e. The number of para-hydroxylation sites is 1. The van der Waals surface area contributed by atoms with Crippen LogP contribution in [0.15, 0.2) is 71.2 Å². The second-order valence-electron chi connectivity index (χ2n) is 5.85. The summed E-state index contributed by atoms with van der Waals surface area (Å²) >= 11 is 3.10. The van der Waals surface area contributed by atoms with Gasteiger partial charge in [0, 0.05) is 18.2 Å². The van der Waals surface area contributed by atoms with Crippen LogP contribution in [0.3, 0.4) is 0 Å². The molecule has 3 aromatic rings. The molecular formula is C20H15BrN2O4. The molecule has 0 fully saturated rings. The van der Waals surface area contributed by atoms with E-state index in [-0.39, 0.29) is 22.7 Å². The molecule has 0 radical (unpaired) electrons. The normalized spacial score (nSPS) is 10.4. The van der Waals surface area contributed by atoms with E-state index in [2.05, 4.69) is 21.2 Å². The summed E-state index contributed by atoms with van der Waals surface area (Å²) in [5.74, 6) is -0.649. The van der Waals surface area contributed by atoms with Crippen molar-refractivity contribution in [3.63, 3.8) is 0 Å². The molecule has 0 saturated carbocycles. The molecular weight excluding hydrogens is 412 g/mol. The fraction of sp³-hybridized carbons (Fsp3) is 0.0500. The SMILES string of the molecule is O=C(Nc1ccc(Br)c([N+](=O)[O-])c1)c1cccc(Cc2ccccc2)c1O. The van der Waals surface area contributed by atoms with Crippen molar-refractivity contribution in [3.05, 3.63) is 98.0 Å². The molecule has 0 unspecified atom stereocenters. The van der Waals surface area contributed by atoms with Gasteiger partial charge in [-0.2, -0.15) is 0 Å². The Labute approximate surface area is 163 Å². The number of rotatable bonds is 5. The second kappa shape index (κ2) is 8.01. The average molecular weight is 427 g/mol. The van der Waals surface area contributed by atoms with E-state index in [1.807, 2.05) is 30.3 Å². The number of aromatic hydroxyl groups is 1. The number of halogens is 1. The van der Waals surface area contributed by atoms with Gasteiger partial charge < -0.3 is 10.4 Å². The Kier molecular flexibility index (Phi) is 5.52. The lowest BCUT2D eigenvalue weighted by Gasteiger charge is -2.11. The van der Waals surface area contributed by atoms with Crippen LogP contribution in [0.25, 0.3) is 0 Å². The highest BCUT2D eigenvalue weighted by atomic mass is 79.9. The quantitative estimate of drug-likeness (QED) is 0.447. The average Bonchev–Trinajstić information content (AvgIpc) is 2.65. The van der Waals surface area contributed by atoms with Crippen LogP contribution in [0, 0.1) is 10.1 Å². The van der Waals surface area contributed by atoms with Crippen molar-refractivity contribution in [2.75, 3.05) is 5.32 Å². The lowest BCUT2D eigenvalue weighted by Crippen LogP contribution is -2.13. The number of hydrogen-bond acceptors (Lipinski definition) is 4. The van der Waals surface area contributed by atoms with E-state index in [9.17, 15) is 20.0 Å². The number of nitrogens with one attached hydrogen (secondary N) is 1. The van der Waals surface area contributed by atoms with Gasteiger partial charge in [0.25, 0.3) is 11.6 Å². The van der Waals surface area contributed by atoms with Gasteiger partial charge in [0.05, 0.1) is 15.0 Å². The van der Waals surface area contributed by atoms with E-state index in [1.165, 1.54) is 18.2 Å². The van der Waals surface area contributed by atoms with Crippen LogP contribution in [0.2, 0.25) is 0 Å². The van der Waals surface area contributed by atoms with Gasteiger partial charge in [-0.25, -0.2) is 0 Å². The first-order valence-electron chi connectivity index (χ1n) is 8.06. The molecule has 7 heteroatoms. The Bertz CT molecular complexity index is 1010. The Hall–Kier alpha value is -3.19. The highest BCUT2D eigenvalue weighted by Gasteiger charge is 2.17. The number of nitro groups is 1. The molecule has 3 rings (SSSR count). The van der Waals surface area contributed by atoms with E-state index in [0.717, 1.165) is 5.56 Å². The molecule has 0 spiro atoms. The standard InChI is InChI=1S/C20H15BrN2O4/c21-17-10-9-15(12-18(17)23(26)27)22-20(25)16-8-4-7-14(19(16)24)11-13-5-2-1-3-6-13/h1-10,12,24H,11H2,(H,22,25). The Morgan fingerprint density at radius 1 is 1.07 bits per heavy atom. The predicted molar refractivity (Wildman–Crippen MR) is 106 cm³/mol. The first-order chi connectivity index (χ1) is 13.0. The third kappa shape index (κ3) is 4.32. The van der Waals surface area contributed by atoms with Crippen LogP contribution in [-0.2, 0) is 6.42 Å². The molecule has 0 aliphatic heterocycles. The lowest BCUT2D eigenvalue weighted by atomic mass is 10.0. The van der Waals surface area contributed by atoms with E-state index in [4.69, 9.17) is 0 Å². The van der Waals surface area contributed by atoms with Crippen LogP contribution in [-0.4, -0.2) is 15.9 Å². The van der Waals surface area contributed by atoms with Crippen molar-refractivity contribution in [3.8, 4) is 5.75 Å². The molecule has 136 valence electrons. The van der Waals surface area contributed by atoms with E-state index >= 15 is 0 Å². The predicted octanol–water partition coefficient (Wildman–Crippen LogP) is 4.91. The molecule has 0 bridgehead atoms. The molecule has 27 heavy (non-hydrogen) atoms. The van der Waals surface area contributed by atoms with Crippen LogP contribution in [0.1, 0.15) is 21.5 Å². The third-order valence-corrected chi connectivity index (χ3v) is 4.67. The molecule has 0 atom stereocenters. The monoisotopic (exact) mass is 426 g/mol. The number of phenolic OH excluding ortho intramolecular Hbond substituents is 1. The fourth-order valence-corrected chi connectivity index (χ4v) is 3.05. The van der Waals surface area contributed by atoms with Gasteiger partial charge in [0.2, 0.25) is 0 Å². The highest BCUT2D eigenvalue weighted by molar-refractivity contribution is 9.10. The van der Waals surface area contributed by atoms with E-state index < -0.39 is 10.8 Å². The first-order valence-corrected chi connectivity index (χ1v) is 8.85. The van der Waals surface area contributed by atoms with Crippen molar-refractivity contribution < 1.29 is 14.8 Å². The van der Waals surface area contributed by atoms with E-state index in [0.29, 0.717) is 16.5 Å². The zero-order valence-electron chi connectivity index (χ0n) is 14.1. The molecule has 0 aliphatic rings. The molecule has 6 nitrogen and oxygen atoms in total. The number of amides is 1. The van der Waals surface area contributed by atoms with Gasteiger partial charge in [-0.05, 0) is 45.3 Å². The molecule has 3 aromatic carbocycles. The molecule has 2 N–H and O–H groups in total. The fourth-order valence-electron chi connectivity index (χ4n) is 2.66. The largest absolute Gasteiger partial charge is 0.507 e. The first kappa shape index (κ1) is 18.6. The minimum absolute atomic E-state index is 0.106. The van der Waals surface area contributed by atoms with Crippen LogP contribution in [0.5, 0.6) is 5.75 Å². The highest BCUT2D eigenvalue weighted by Crippen LogP contribution is 2.29. The maximum absolute atomic E-state index is 12.6. The Morgan fingerprint density at radius 2 is 1.81 bits per heavy atom. The lowest BCUT2D eigenvalue weighted by molar-refractivity contribution is -0.385. The number of benzene rings is 3. The number of carbonyl (C=O) groups is 1. The van der Waals surface area contributed by atoms with Crippen molar-refractivity contribution in [2.45, 2.75) is 6.42 Å². The van der Waals surface area contributed by atoms with Gasteiger partial charge in [-0.1, -0.05) is 42.5 Å². The third-order valence-electron chi connectivity index (χ3n) is 4.00. The van der Waals surface area contributed by atoms with Crippen LogP contribution < -0.4 is 5.32 Å². The molecule has 0 saturated heterocycles. The zero-order valence-corrected chi connectivity index (χ0v) is 15.6. The van der Waals surface area contributed by atoms with Crippen LogP contribution >= 0.6 is 15.9 Å². The summed E-state index contributed by atoms with van der Waals surface area (Å²) in [5, 5.41) is 24.1. The summed E-state index contributed by atoms with van der Waals surface area (Å²) < 4.78 is 0.318. The summed E-state index contributed by atoms with van der Waals surface area (Å²) in [6.07, 6.45) is 0.484. The van der Waals surface area contributed by atoms with Crippen molar-refractivity contribution in [1.29, 1.82) is 0 Å². The summed E-state index contributed by atoms with van der Waals surface area (Å²) in [7, 11) is 0. The van der Waals surface area contributed by atoms with Gasteiger partial charge in [0.1, 0.15) is 5.75 Å². The van der Waals surface area contributed by atoms with Gasteiger partial charge in [-0.3, -0.25) is 14.9 Å². The summed E-state index contributed by atoms with van der Waals surface area (Å²) in [6, 6.07) is 18.8. The topological polar surface area (TPSA) is 92.5 Å². The van der Waals surface area contributed by atoms with Gasteiger partial charge in [0.15, 0.2) is 0 Å². The number of anilines is 1. The van der Waals surface area contributed by atoms with Crippen molar-refractivity contribution in [1.82, 2.24) is 0 Å². The number of hydrogen-bond donors (Lipinski definition) is 2. The second-order valence-corrected chi connectivity index (χ2v) is 6.71. The number of nitrogens with zero attached hydrogens (tertiary/aromatic N) is 1. The summed E-state index contributed by atoms with van der Waals surface area (Å²) in [6.45, 7) is 0. The van der Waals surface area contributed by atoms with Crippen LogP contribution in [0.4, 0.5) is 11.4 Å². The number of carbonyl (C=O) groups excluding carboxylic acids is 1. The Morgan fingerprint density at radius 3 is 2.52 bits per heavy atom. The van der Waals surface area contributed by atoms with Gasteiger partial charge >= 0.3 is 0 Å². The maximum atomic E-state index is 12.6. The Balaban J connectivity index is 1.84. The summed E-state index contributed by atoms with van der Waals surface area (Å²) in [5.41, 5.74) is 1.84. The number of phenols is 1. The molecule has 0 aliphatic carbocycles. The van der Waals surface area contributed by atoms with Crippen molar-refractivity contribution in [2.24, 2.45) is 0 Å². The molecule has 1 amide bonds. The number of nitro benzene ring substituents is 1. The summed E-state index contributed by atoms with van der Waals surface area (Å²) in [4.78, 5) is 23.0. The zero-order chi connectivity index (χ0) is 19.4. The van der Waals surface area contributed by atoms with Crippen molar-refractivity contribution >= 4 is 33.2 Å². The van der Waals surface area contributed by atoms with Gasteiger partial charge in [-0.15, -0.1) is 0 Å². The van der Waals surface area contributed by atoms with E-state index in [1.54, 1.807) is 18.2 Å².